The lowest BCUT2D eigenvalue weighted by atomic mass is 9.99. The molecule has 0 aliphatic rings. The number of ether oxygens (including phenoxy) is 1. The van der Waals surface area contributed by atoms with E-state index in [1.165, 1.54) is 0 Å². The molecule has 0 aliphatic carbocycles. The van der Waals surface area contributed by atoms with Crippen molar-refractivity contribution >= 4 is 0 Å². The third kappa shape index (κ3) is 8.52. The van der Waals surface area contributed by atoms with E-state index in [0.29, 0.717) is 0 Å². The second-order valence-corrected chi connectivity index (χ2v) is 6.66. The van der Waals surface area contributed by atoms with Crippen LogP contribution in [0.2, 0.25) is 0 Å². The summed E-state index contributed by atoms with van der Waals surface area (Å²) in [5.41, 5.74) is 0.0904. The molecule has 0 rings (SSSR count). The Morgan fingerprint density at radius 2 is 1.29 bits per heavy atom. The van der Waals surface area contributed by atoms with Crippen LogP contribution in [0.3, 0.4) is 0 Å². The summed E-state index contributed by atoms with van der Waals surface area (Å²) in [5, 5.41) is 3.54. The van der Waals surface area contributed by atoms with Crippen molar-refractivity contribution in [3.8, 4) is 0 Å². The average molecular weight is 201 g/mol. The molecule has 2 nitrogen and oxygen atoms in total. The Morgan fingerprint density at radius 3 is 1.57 bits per heavy atom. The molecule has 0 saturated carbocycles. The van der Waals surface area contributed by atoms with Crippen LogP contribution in [0.25, 0.3) is 0 Å². The first kappa shape index (κ1) is 13.9. The topological polar surface area (TPSA) is 21.3 Å². The molecule has 0 heterocycles. The summed E-state index contributed by atoms with van der Waals surface area (Å²) >= 11 is 0. The van der Waals surface area contributed by atoms with Gasteiger partial charge in [-0.25, -0.2) is 0 Å². The normalized spacial score (nSPS) is 14.6. The summed E-state index contributed by atoms with van der Waals surface area (Å²) < 4.78 is 5.78. The summed E-state index contributed by atoms with van der Waals surface area (Å²) in [7, 11) is 0. The molecule has 0 fully saturated rings. The molecule has 0 saturated heterocycles. The average Bonchev–Trinajstić information content (AvgIpc) is 1.76. The van der Waals surface area contributed by atoms with Crippen molar-refractivity contribution in [2.75, 3.05) is 6.61 Å². The maximum Gasteiger partial charge on any atom is 0.0650 e. The Balaban J connectivity index is 4.09. The van der Waals surface area contributed by atoms with Crippen LogP contribution in [-0.4, -0.2) is 23.3 Å². The van der Waals surface area contributed by atoms with Crippen molar-refractivity contribution < 1.29 is 4.74 Å². The highest BCUT2D eigenvalue weighted by molar-refractivity contribution is 4.85. The lowest BCUT2D eigenvalue weighted by Gasteiger charge is -2.36. The SMILES string of the molecule is CC(C)(C)NC(C)(C)COC(C)(C)C. The van der Waals surface area contributed by atoms with Crippen LogP contribution in [0, 0.1) is 0 Å². The summed E-state index contributed by atoms with van der Waals surface area (Å²) in [4.78, 5) is 0. The van der Waals surface area contributed by atoms with Gasteiger partial charge in [0.15, 0.2) is 0 Å². The number of hydrogen-bond donors (Lipinski definition) is 1. The zero-order valence-corrected chi connectivity index (χ0v) is 11.1. The largest absolute Gasteiger partial charge is 0.374 e. The Morgan fingerprint density at radius 1 is 0.857 bits per heavy atom. The van der Waals surface area contributed by atoms with Gasteiger partial charge in [0, 0.05) is 11.1 Å². The van der Waals surface area contributed by atoms with E-state index in [0.717, 1.165) is 6.61 Å². The first-order valence-corrected chi connectivity index (χ1v) is 5.35. The molecule has 0 bridgehead atoms. The molecule has 0 spiro atoms. The highest BCUT2D eigenvalue weighted by Crippen LogP contribution is 2.15. The van der Waals surface area contributed by atoms with E-state index in [2.05, 4.69) is 60.7 Å². The molecular weight excluding hydrogens is 174 g/mol. The monoisotopic (exact) mass is 201 g/mol. The zero-order chi connectivity index (χ0) is 11.6. The van der Waals surface area contributed by atoms with Crippen molar-refractivity contribution in [3.63, 3.8) is 0 Å². The molecule has 0 aromatic carbocycles. The molecule has 0 atom stereocenters. The third-order valence-corrected chi connectivity index (χ3v) is 1.58. The van der Waals surface area contributed by atoms with Crippen LogP contribution < -0.4 is 5.32 Å². The molecule has 0 aromatic rings. The quantitative estimate of drug-likeness (QED) is 0.758. The fourth-order valence-electron chi connectivity index (χ4n) is 1.45. The smallest absolute Gasteiger partial charge is 0.0650 e. The Hall–Kier alpha value is -0.0800. The standard InChI is InChI=1S/C12H27NO/c1-10(2,3)13-12(7,8)9-14-11(4,5)6/h13H,9H2,1-8H3. The van der Waals surface area contributed by atoms with Gasteiger partial charge in [0.25, 0.3) is 0 Å². The number of rotatable bonds is 3. The summed E-state index contributed by atoms with van der Waals surface area (Å²) in [6, 6.07) is 0. The van der Waals surface area contributed by atoms with Crippen molar-refractivity contribution in [2.45, 2.75) is 72.1 Å². The van der Waals surface area contributed by atoms with Gasteiger partial charge in [0.05, 0.1) is 12.2 Å². The van der Waals surface area contributed by atoms with E-state index in [4.69, 9.17) is 4.74 Å². The van der Waals surface area contributed by atoms with Crippen LogP contribution >= 0.6 is 0 Å². The minimum atomic E-state index is -0.0587. The Bertz CT molecular complexity index is 172. The second-order valence-electron chi connectivity index (χ2n) is 6.66. The minimum absolute atomic E-state index is 0.0194. The van der Waals surface area contributed by atoms with E-state index in [1.807, 2.05) is 0 Å². The van der Waals surface area contributed by atoms with Crippen LogP contribution in [0.1, 0.15) is 55.4 Å². The highest BCUT2D eigenvalue weighted by atomic mass is 16.5. The van der Waals surface area contributed by atoms with Crippen molar-refractivity contribution in [2.24, 2.45) is 0 Å². The van der Waals surface area contributed by atoms with Gasteiger partial charge in [-0.3, -0.25) is 0 Å². The van der Waals surface area contributed by atoms with Gasteiger partial charge < -0.3 is 10.1 Å². The van der Waals surface area contributed by atoms with Gasteiger partial charge in [-0.15, -0.1) is 0 Å². The Labute approximate surface area is 89.4 Å². The first-order valence-electron chi connectivity index (χ1n) is 5.35. The molecule has 0 aromatic heterocycles. The number of nitrogens with one attached hydrogen (secondary N) is 1. The molecule has 0 aliphatic heterocycles. The van der Waals surface area contributed by atoms with Gasteiger partial charge in [-0.05, 0) is 55.4 Å². The molecule has 86 valence electrons. The first-order chi connectivity index (χ1) is 5.91. The molecule has 2 heteroatoms. The molecule has 0 radical (unpaired) electrons. The van der Waals surface area contributed by atoms with Gasteiger partial charge in [-0.2, -0.15) is 0 Å². The van der Waals surface area contributed by atoms with Crippen LogP contribution in [0.5, 0.6) is 0 Å². The van der Waals surface area contributed by atoms with Gasteiger partial charge in [-0.1, -0.05) is 0 Å². The fourth-order valence-corrected chi connectivity index (χ4v) is 1.45. The zero-order valence-electron chi connectivity index (χ0n) is 11.1. The van der Waals surface area contributed by atoms with E-state index < -0.39 is 0 Å². The fraction of sp³-hybridized carbons (Fsp3) is 1.00. The van der Waals surface area contributed by atoms with Gasteiger partial charge in [0.2, 0.25) is 0 Å². The molecular formula is C12H27NO. The summed E-state index contributed by atoms with van der Waals surface area (Å²) in [6.45, 7) is 17.8. The third-order valence-electron chi connectivity index (χ3n) is 1.58. The highest BCUT2D eigenvalue weighted by Gasteiger charge is 2.26. The van der Waals surface area contributed by atoms with E-state index in [-0.39, 0.29) is 16.7 Å². The maximum atomic E-state index is 5.78. The van der Waals surface area contributed by atoms with E-state index >= 15 is 0 Å². The number of hydrogen-bond acceptors (Lipinski definition) is 2. The van der Waals surface area contributed by atoms with Crippen molar-refractivity contribution in [1.29, 1.82) is 0 Å². The molecule has 14 heavy (non-hydrogen) atoms. The molecule has 1 N–H and O–H groups in total. The van der Waals surface area contributed by atoms with Crippen LogP contribution in [-0.2, 0) is 4.74 Å². The minimum Gasteiger partial charge on any atom is -0.374 e. The van der Waals surface area contributed by atoms with Crippen molar-refractivity contribution in [1.82, 2.24) is 5.32 Å². The van der Waals surface area contributed by atoms with Gasteiger partial charge in [0.1, 0.15) is 0 Å². The van der Waals surface area contributed by atoms with E-state index in [1.54, 1.807) is 0 Å². The maximum absolute atomic E-state index is 5.78. The lowest BCUT2D eigenvalue weighted by molar-refractivity contribution is -0.0343. The summed E-state index contributed by atoms with van der Waals surface area (Å²) in [5.74, 6) is 0. The Kier molecular flexibility index (Phi) is 4.17. The second kappa shape index (κ2) is 4.19. The van der Waals surface area contributed by atoms with Crippen LogP contribution in [0.4, 0.5) is 0 Å². The molecule has 0 unspecified atom stereocenters. The van der Waals surface area contributed by atoms with E-state index in [9.17, 15) is 0 Å². The lowest BCUT2D eigenvalue weighted by Crippen LogP contribution is -2.53. The predicted molar refractivity (Wildman–Crippen MR) is 62.7 cm³/mol. The summed E-state index contributed by atoms with van der Waals surface area (Å²) in [6.07, 6.45) is 0. The predicted octanol–water partition coefficient (Wildman–Crippen LogP) is 2.97. The van der Waals surface area contributed by atoms with Crippen LogP contribution in [0.15, 0.2) is 0 Å². The van der Waals surface area contributed by atoms with Gasteiger partial charge >= 0.3 is 0 Å². The molecule has 0 amide bonds. The van der Waals surface area contributed by atoms with Crippen molar-refractivity contribution in [3.05, 3.63) is 0 Å².